The van der Waals surface area contributed by atoms with Gasteiger partial charge in [0, 0.05) is 45.0 Å². The Morgan fingerprint density at radius 2 is 1.41 bits per heavy atom. The third-order valence-electron chi connectivity index (χ3n) is 6.11. The lowest BCUT2D eigenvalue weighted by Crippen LogP contribution is -2.41. The number of nitrogens with two attached hydrogens (primary N) is 2. The predicted octanol–water partition coefficient (Wildman–Crippen LogP) is 4.80. The van der Waals surface area contributed by atoms with Crippen LogP contribution in [0.3, 0.4) is 0 Å². The molecule has 0 atom stereocenters. The van der Waals surface area contributed by atoms with Crippen LogP contribution in [0.2, 0.25) is 0 Å². The fourth-order valence-corrected chi connectivity index (χ4v) is 4.20. The third kappa shape index (κ3) is 8.37. The topological polar surface area (TPSA) is 104 Å². The summed E-state index contributed by atoms with van der Waals surface area (Å²) in [5.41, 5.74) is 0.262. The number of hydrazone groups is 1. The molecule has 2 aromatic rings. The van der Waals surface area contributed by atoms with E-state index in [0.717, 1.165) is 11.3 Å². The second-order valence-electron chi connectivity index (χ2n) is 9.38. The van der Waals surface area contributed by atoms with Crippen LogP contribution in [0.15, 0.2) is 35.6 Å². The first kappa shape index (κ1) is 31.8. The number of likely N-dealkylation sites (tertiary alicyclic amines) is 1. The van der Waals surface area contributed by atoms with Crippen LogP contribution in [-0.4, -0.2) is 51.9 Å². The molecule has 3 rings (SSSR count). The van der Waals surface area contributed by atoms with Gasteiger partial charge in [0.15, 0.2) is 0 Å². The number of carbonyl (C=O) groups is 1. The van der Waals surface area contributed by atoms with E-state index < -0.39 is 65.7 Å². The van der Waals surface area contributed by atoms with Gasteiger partial charge in [-0.05, 0) is 49.1 Å². The average molecular weight is 600 g/mol. The number of aromatic nitrogens is 1. The zero-order valence-corrected chi connectivity index (χ0v) is 21.5. The van der Waals surface area contributed by atoms with Crippen LogP contribution in [0.5, 0.6) is 0 Å². The van der Waals surface area contributed by atoms with E-state index in [0.29, 0.717) is 55.4 Å². The van der Waals surface area contributed by atoms with Crippen molar-refractivity contribution in [3.63, 3.8) is 0 Å². The van der Waals surface area contributed by atoms with E-state index in [9.17, 15) is 44.3 Å². The molecule has 41 heavy (non-hydrogen) atoms. The van der Waals surface area contributed by atoms with Gasteiger partial charge in [-0.1, -0.05) is 0 Å². The van der Waals surface area contributed by atoms with Crippen LogP contribution in [0.4, 0.5) is 39.5 Å². The summed E-state index contributed by atoms with van der Waals surface area (Å²) in [5.74, 6) is 4.21. The third-order valence-corrected chi connectivity index (χ3v) is 6.11. The highest BCUT2D eigenvalue weighted by atomic mass is 19.4. The molecule has 2 heterocycles. The summed E-state index contributed by atoms with van der Waals surface area (Å²) in [5, 5.41) is 4.38. The molecule has 0 saturated carbocycles. The quantitative estimate of drug-likeness (QED) is 0.163. The Labute approximate surface area is 228 Å². The molecule has 1 aromatic heterocycles. The van der Waals surface area contributed by atoms with Crippen molar-refractivity contribution in [2.45, 2.75) is 50.9 Å². The normalized spacial score (nSPS) is 15.2. The van der Waals surface area contributed by atoms with Crippen LogP contribution < -0.4 is 11.6 Å². The molecule has 1 aliphatic heterocycles. The highest BCUT2D eigenvalue weighted by Gasteiger charge is 2.37. The minimum Gasteiger partial charge on any atom is -0.368 e. The van der Waals surface area contributed by atoms with Gasteiger partial charge >= 0.3 is 18.5 Å². The maximum absolute atomic E-state index is 13.5. The molecule has 8 nitrogen and oxygen atoms in total. The van der Waals surface area contributed by atoms with Crippen molar-refractivity contribution in [3.05, 3.63) is 64.0 Å². The molecule has 1 aromatic carbocycles. The average Bonchev–Trinajstić information content (AvgIpc) is 2.86. The summed E-state index contributed by atoms with van der Waals surface area (Å²) in [7, 11) is 1.20. The lowest BCUT2D eigenvalue weighted by Gasteiger charge is -2.29. The van der Waals surface area contributed by atoms with Crippen LogP contribution in [0, 0.1) is 0 Å². The number of nitrogens with zero attached hydrogens (tertiary/aromatic N) is 5. The SMILES string of the molecule is CN(N)/N=C(\N)N(Cc1cc(C(F)(F)F)cc(C(F)(F)F)c1)Cc1cc(C(F)(F)F)cnc1C(=O)N1CCCCC1. The molecule has 0 radical (unpaired) electrons. The number of hydrogen-bond donors (Lipinski definition) is 2. The summed E-state index contributed by atoms with van der Waals surface area (Å²) in [6.07, 6.45) is -12.5. The molecule has 0 spiro atoms. The highest BCUT2D eigenvalue weighted by Crippen LogP contribution is 2.37. The van der Waals surface area contributed by atoms with Gasteiger partial charge in [0.25, 0.3) is 5.91 Å². The number of rotatable bonds is 6. The number of amides is 1. The number of benzene rings is 1. The van der Waals surface area contributed by atoms with Gasteiger partial charge in [-0.3, -0.25) is 9.78 Å². The Hall–Kier alpha value is -3.76. The first-order valence-corrected chi connectivity index (χ1v) is 12.1. The summed E-state index contributed by atoms with van der Waals surface area (Å²) < 4.78 is 121. The van der Waals surface area contributed by atoms with Gasteiger partial charge in [0.05, 0.1) is 16.7 Å². The van der Waals surface area contributed by atoms with E-state index in [1.807, 2.05) is 0 Å². The summed E-state index contributed by atoms with van der Waals surface area (Å²) >= 11 is 0. The number of hydrogen-bond acceptors (Lipinski definition) is 5. The fourth-order valence-electron chi connectivity index (χ4n) is 4.20. The molecule has 226 valence electrons. The second kappa shape index (κ2) is 12.0. The lowest BCUT2D eigenvalue weighted by atomic mass is 10.0. The predicted molar refractivity (Wildman–Crippen MR) is 128 cm³/mol. The Morgan fingerprint density at radius 3 is 1.90 bits per heavy atom. The Balaban J connectivity index is 2.12. The maximum Gasteiger partial charge on any atom is 0.417 e. The van der Waals surface area contributed by atoms with Crippen molar-refractivity contribution in [2.75, 3.05) is 20.1 Å². The molecule has 4 N–H and O–H groups in total. The largest absolute Gasteiger partial charge is 0.417 e. The number of pyridine rings is 1. The maximum atomic E-state index is 13.5. The molecule has 1 saturated heterocycles. The molecule has 0 unspecified atom stereocenters. The number of halogens is 9. The number of alkyl halides is 9. The Morgan fingerprint density at radius 1 is 0.878 bits per heavy atom. The van der Waals surface area contributed by atoms with E-state index in [4.69, 9.17) is 11.6 Å². The van der Waals surface area contributed by atoms with Gasteiger partial charge in [-0.25, -0.2) is 11.0 Å². The Kier molecular flexibility index (Phi) is 9.30. The van der Waals surface area contributed by atoms with Crippen molar-refractivity contribution >= 4 is 11.9 Å². The van der Waals surface area contributed by atoms with Gasteiger partial charge in [-0.15, -0.1) is 5.10 Å². The molecule has 1 aliphatic rings. The van der Waals surface area contributed by atoms with Crippen molar-refractivity contribution in [2.24, 2.45) is 16.7 Å². The van der Waals surface area contributed by atoms with Crippen LogP contribution in [0.1, 0.15) is 57.6 Å². The molecule has 1 amide bonds. The second-order valence-corrected chi connectivity index (χ2v) is 9.38. The van der Waals surface area contributed by atoms with Gasteiger partial charge in [-0.2, -0.15) is 39.5 Å². The van der Waals surface area contributed by atoms with Crippen LogP contribution in [-0.2, 0) is 31.6 Å². The summed E-state index contributed by atoms with van der Waals surface area (Å²) in [6, 6.07) is 1.46. The first-order chi connectivity index (χ1) is 18.9. The smallest absolute Gasteiger partial charge is 0.368 e. The highest BCUT2D eigenvalue weighted by molar-refractivity contribution is 5.94. The molecule has 0 bridgehead atoms. The number of piperidine rings is 1. The van der Waals surface area contributed by atoms with Crippen molar-refractivity contribution in [3.8, 4) is 0 Å². The van der Waals surface area contributed by atoms with Crippen LogP contribution in [0.25, 0.3) is 0 Å². The van der Waals surface area contributed by atoms with Crippen molar-refractivity contribution in [1.29, 1.82) is 0 Å². The number of guanidine groups is 1. The number of carbonyl (C=O) groups excluding carboxylic acids is 1. The standard InChI is InChI=1S/C24H26F9N7O/c1-38(35)37-21(34)40(12-14-7-16(22(25,26)27)10-17(8-14)23(28,29)30)13-15-9-18(24(31,32)33)11-36-19(15)20(41)39-5-3-2-4-6-39/h7-11H,2-6,12-13,35H2,1H3,(H2,34,37). The fraction of sp³-hybridized carbons (Fsp3) is 0.458. The van der Waals surface area contributed by atoms with Crippen molar-refractivity contribution < 1.29 is 44.3 Å². The van der Waals surface area contributed by atoms with E-state index >= 15 is 0 Å². The molecule has 1 fully saturated rings. The van der Waals surface area contributed by atoms with Gasteiger partial charge in [0.2, 0.25) is 5.96 Å². The first-order valence-electron chi connectivity index (χ1n) is 12.1. The van der Waals surface area contributed by atoms with Gasteiger partial charge in [0.1, 0.15) is 5.69 Å². The van der Waals surface area contributed by atoms with E-state index in [2.05, 4.69) is 10.1 Å². The molecule has 0 aliphatic carbocycles. The van der Waals surface area contributed by atoms with E-state index in [1.165, 1.54) is 11.9 Å². The van der Waals surface area contributed by atoms with E-state index in [-0.39, 0.29) is 17.3 Å². The van der Waals surface area contributed by atoms with Crippen LogP contribution >= 0.6 is 0 Å². The Bertz CT molecular complexity index is 1240. The van der Waals surface area contributed by atoms with Crippen molar-refractivity contribution in [1.82, 2.24) is 19.9 Å². The minimum atomic E-state index is -5.14. The number of hydrazine groups is 1. The summed E-state index contributed by atoms with van der Waals surface area (Å²) in [6.45, 7) is -0.802. The zero-order valence-electron chi connectivity index (χ0n) is 21.5. The monoisotopic (exact) mass is 599 g/mol. The minimum absolute atomic E-state index is 0.0644. The zero-order chi connectivity index (χ0) is 30.8. The van der Waals surface area contributed by atoms with E-state index in [1.54, 1.807) is 0 Å². The summed E-state index contributed by atoms with van der Waals surface area (Å²) in [4.78, 5) is 19.2. The molecular formula is C24H26F9N7O. The molecular weight excluding hydrogens is 573 g/mol. The molecule has 17 heteroatoms. The lowest BCUT2D eigenvalue weighted by molar-refractivity contribution is -0.143. The van der Waals surface area contributed by atoms with Gasteiger partial charge < -0.3 is 15.5 Å².